The first kappa shape index (κ1) is 18.1. The van der Waals surface area contributed by atoms with Crippen LogP contribution in [0.25, 0.3) is 0 Å². The molecule has 0 bridgehead atoms. The maximum atomic E-state index is 12.8. The number of nitrogens with one attached hydrogen (secondary N) is 2. The average Bonchev–Trinajstić information content (AvgIpc) is 2.60. The van der Waals surface area contributed by atoms with Gasteiger partial charge in [-0.05, 0) is 36.4 Å². The molecule has 7 heteroatoms. The van der Waals surface area contributed by atoms with Gasteiger partial charge in [0, 0.05) is 18.3 Å². The lowest BCUT2D eigenvalue weighted by Crippen LogP contribution is -2.41. The van der Waals surface area contributed by atoms with E-state index in [1.807, 2.05) is 6.07 Å². The topological polar surface area (TPSA) is 78.5 Å². The lowest BCUT2D eigenvalue weighted by molar-refractivity contribution is -0.132. The van der Waals surface area contributed by atoms with Crippen LogP contribution in [0, 0.1) is 5.82 Å². The summed E-state index contributed by atoms with van der Waals surface area (Å²) in [5, 5.41) is 5.11. The fraction of sp³-hybridized carbons (Fsp3) is 0.167. The zero-order valence-corrected chi connectivity index (χ0v) is 13.7. The third-order valence-corrected chi connectivity index (χ3v) is 3.37. The molecule has 2 aromatic rings. The van der Waals surface area contributed by atoms with Crippen molar-refractivity contribution in [3.8, 4) is 0 Å². The zero-order chi connectivity index (χ0) is 18.2. The Hall–Kier alpha value is -3.22. The van der Waals surface area contributed by atoms with Crippen molar-refractivity contribution in [1.29, 1.82) is 0 Å². The minimum atomic E-state index is -0.490. The summed E-state index contributed by atoms with van der Waals surface area (Å²) in [5.74, 6) is -1.70. The third-order valence-electron chi connectivity index (χ3n) is 3.37. The summed E-state index contributed by atoms with van der Waals surface area (Å²) in [5.41, 5.74) is 0.886. The van der Waals surface area contributed by atoms with Gasteiger partial charge < -0.3 is 15.5 Å². The van der Waals surface area contributed by atoms with E-state index in [0.717, 1.165) is 12.1 Å². The highest BCUT2D eigenvalue weighted by atomic mass is 19.1. The van der Waals surface area contributed by atoms with Crippen LogP contribution in [-0.4, -0.2) is 42.8 Å². The Labute approximate surface area is 144 Å². The molecular weight excluding hydrogens is 325 g/mol. The van der Waals surface area contributed by atoms with Crippen molar-refractivity contribution in [2.75, 3.05) is 25.5 Å². The van der Waals surface area contributed by atoms with Crippen LogP contribution in [0.5, 0.6) is 0 Å². The number of carbonyl (C=O) groups excluding carboxylic acids is 3. The summed E-state index contributed by atoms with van der Waals surface area (Å²) >= 11 is 0. The summed E-state index contributed by atoms with van der Waals surface area (Å²) in [6.45, 7) is -0.397. The van der Waals surface area contributed by atoms with E-state index in [-0.39, 0.29) is 24.6 Å². The Morgan fingerprint density at radius 3 is 2.28 bits per heavy atom. The number of rotatable bonds is 6. The van der Waals surface area contributed by atoms with Crippen LogP contribution in [0.1, 0.15) is 10.4 Å². The molecule has 0 fully saturated rings. The highest BCUT2D eigenvalue weighted by Gasteiger charge is 2.14. The SMILES string of the molecule is CN(CC(=O)Nc1ccccc1)C(=O)CNC(=O)c1ccc(F)cc1. The van der Waals surface area contributed by atoms with Gasteiger partial charge in [0.2, 0.25) is 11.8 Å². The molecule has 2 rings (SSSR count). The van der Waals surface area contributed by atoms with Gasteiger partial charge in [-0.25, -0.2) is 4.39 Å². The number of likely N-dealkylation sites (N-methyl/N-ethyl adjacent to an activating group) is 1. The number of carbonyl (C=O) groups is 3. The second kappa shape index (κ2) is 8.58. The Morgan fingerprint density at radius 1 is 1.00 bits per heavy atom. The Kier molecular flexibility index (Phi) is 6.22. The molecule has 0 aliphatic heterocycles. The lowest BCUT2D eigenvalue weighted by Gasteiger charge is -2.17. The molecule has 3 amide bonds. The van der Waals surface area contributed by atoms with Crippen molar-refractivity contribution in [2.24, 2.45) is 0 Å². The molecule has 0 unspecified atom stereocenters. The van der Waals surface area contributed by atoms with Gasteiger partial charge in [0.1, 0.15) is 5.82 Å². The van der Waals surface area contributed by atoms with Crippen molar-refractivity contribution in [3.63, 3.8) is 0 Å². The lowest BCUT2D eigenvalue weighted by atomic mass is 10.2. The minimum absolute atomic E-state index is 0.139. The molecule has 0 atom stereocenters. The standard InChI is InChI=1S/C18H18FN3O3/c1-22(12-16(23)21-15-5-3-2-4-6-15)17(24)11-20-18(25)13-7-9-14(19)10-8-13/h2-10H,11-12H2,1H3,(H,20,25)(H,21,23). The third kappa shape index (κ3) is 5.72. The van der Waals surface area contributed by atoms with E-state index in [0.29, 0.717) is 5.69 Å². The van der Waals surface area contributed by atoms with Crippen LogP contribution in [-0.2, 0) is 9.59 Å². The first-order valence-corrected chi connectivity index (χ1v) is 7.58. The van der Waals surface area contributed by atoms with Crippen molar-refractivity contribution in [3.05, 3.63) is 66.0 Å². The van der Waals surface area contributed by atoms with Gasteiger partial charge in [-0.2, -0.15) is 0 Å². The number of benzene rings is 2. The molecule has 2 aromatic carbocycles. The Bertz CT molecular complexity index is 748. The number of hydrogen-bond donors (Lipinski definition) is 2. The first-order valence-electron chi connectivity index (χ1n) is 7.58. The van der Waals surface area contributed by atoms with Crippen LogP contribution in [0.15, 0.2) is 54.6 Å². The van der Waals surface area contributed by atoms with Crippen LogP contribution in [0.4, 0.5) is 10.1 Å². The number of para-hydroxylation sites is 1. The van der Waals surface area contributed by atoms with Crippen LogP contribution in [0.2, 0.25) is 0 Å². The molecule has 0 aliphatic rings. The predicted molar refractivity (Wildman–Crippen MR) is 91.4 cm³/mol. The van der Waals surface area contributed by atoms with Gasteiger partial charge >= 0.3 is 0 Å². The number of hydrogen-bond acceptors (Lipinski definition) is 3. The molecular formula is C18H18FN3O3. The van der Waals surface area contributed by atoms with E-state index in [1.54, 1.807) is 24.3 Å². The second-order valence-electron chi connectivity index (χ2n) is 5.35. The fourth-order valence-electron chi connectivity index (χ4n) is 2.02. The summed E-state index contributed by atoms with van der Waals surface area (Å²) in [6.07, 6.45) is 0. The zero-order valence-electron chi connectivity index (χ0n) is 13.7. The van der Waals surface area contributed by atoms with Crippen molar-refractivity contribution in [2.45, 2.75) is 0 Å². The summed E-state index contributed by atoms with van der Waals surface area (Å²) in [4.78, 5) is 37.0. The molecule has 0 aliphatic carbocycles. The first-order chi connectivity index (χ1) is 12.0. The molecule has 2 N–H and O–H groups in total. The van der Waals surface area contributed by atoms with Gasteiger partial charge in [-0.1, -0.05) is 18.2 Å². The minimum Gasteiger partial charge on any atom is -0.343 e. The van der Waals surface area contributed by atoms with Gasteiger partial charge in [-0.3, -0.25) is 14.4 Å². The Balaban J connectivity index is 1.78. The number of anilines is 1. The second-order valence-corrected chi connectivity index (χ2v) is 5.35. The van der Waals surface area contributed by atoms with E-state index in [4.69, 9.17) is 0 Å². The molecule has 130 valence electrons. The maximum absolute atomic E-state index is 12.8. The van der Waals surface area contributed by atoms with Gasteiger partial charge in [0.05, 0.1) is 13.1 Å². The quantitative estimate of drug-likeness (QED) is 0.837. The number of amides is 3. The highest BCUT2D eigenvalue weighted by molar-refractivity contribution is 5.97. The van der Waals surface area contributed by atoms with Crippen LogP contribution in [0.3, 0.4) is 0 Å². The van der Waals surface area contributed by atoms with Crippen molar-refractivity contribution in [1.82, 2.24) is 10.2 Å². The maximum Gasteiger partial charge on any atom is 0.251 e. The van der Waals surface area contributed by atoms with E-state index in [2.05, 4.69) is 10.6 Å². The number of nitrogens with zero attached hydrogens (tertiary/aromatic N) is 1. The molecule has 0 spiro atoms. The number of halogens is 1. The average molecular weight is 343 g/mol. The molecule has 0 saturated heterocycles. The fourth-order valence-corrected chi connectivity index (χ4v) is 2.02. The largest absolute Gasteiger partial charge is 0.343 e. The van der Waals surface area contributed by atoms with Gasteiger partial charge in [-0.15, -0.1) is 0 Å². The molecule has 0 saturated carbocycles. The van der Waals surface area contributed by atoms with Crippen LogP contribution >= 0.6 is 0 Å². The highest BCUT2D eigenvalue weighted by Crippen LogP contribution is 2.05. The van der Waals surface area contributed by atoms with Gasteiger partial charge in [0.25, 0.3) is 5.91 Å². The normalized spacial score (nSPS) is 10.0. The van der Waals surface area contributed by atoms with E-state index < -0.39 is 17.6 Å². The summed E-state index contributed by atoms with van der Waals surface area (Å²) in [6, 6.07) is 13.9. The van der Waals surface area contributed by atoms with E-state index in [1.165, 1.54) is 24.1 Å². The molecule has 6 nitrogen and oxygen atoms in total. The van der Waals surface area contributed by atoms with Crippen molar-refractivity contribution < 1.29 is 18.8 Å². The molecule has 25 heavy (non-hydrogen) atoms. The Morgan fingerprint density at radius 2 is 1.64 bits per heavy atom. The van der Waals surface area contributed by atoms with Crippen LogP contribution < -0.4 is 10.6 Å². The molecule has 0 radical (unpaired) electrons. The monoisotopic (exact) mass is 343 g/mol. The molecule has 0 aromatic heterocycles. The van der Waals surface area contributed by atoms with E-state index >= 15 is 0 Å². The van der Waals surface area contributed by atoms with Gasteiger partial charge in [0.15, 0.2) is 0 Å². The van der Waals surface area contributed by atoms with E-state index in [9.17, 15) is 18.8 Å². The molecule has 0 heterocycles. The smallest absolute Gasteiger partial charge is 0.251 e. The summed E-state index contributed by atoms with van der Waals surface area (Å²) in [7, 11) is 1.47. The van der Waals surface area contributed by atoms with Crippen molar-refractivity contribution >= 4 is 23.4 Å². The summed E-state index contributed by atoms with van der Waals surface area (Å²) < 4.78 is 12.8. The predicted octanol–water partition coefficient (Wildman–Crippen LogP) is 1.65.